The zero-order valence-corrected chi connectivity index (χ0v) is 21.8. The van der Waals surface area contributed by atoms with E-state index in [4.69, 9.17) is 19.4 Å². The summed E-state index contributed by atoms with van der Waals surface area (Å²) in [5.74, 6) is 0.855. The first-order valence-electron chi connectivity index (χ1n) is 14.1. The van der Waals surface area contributed by atoms with Crippen LogP contribution in [0, 0.1) is 5.92 Å². The summed E-state index contributed by atoms with van der Waals surface area (Å²) in [5, 5.41) is 2.93. The number of nitrogens with one attached hydrogen (secondary N) is 1. The van der Waals surface area contributed by atoms with Gasteiger partial charge in [0, 0.05) is 61.3 Å². The van der Waals surface area contributed by atoms with Crippen LogP contribution in [0.25, 0.3) is 22.3 Å². The number of aromatic nitrogens is 3. The predicted molar refractivity (Wildman–Crippen MR) is 143 cm³/mol. The van der Waals surface area contributed by atoms with E-state index in [2.05, 4.69) is 50.0 Å². The topological polar surface area (TPSA) is 84.8 Å². The van der Waals surface area contributed by atoms with E-state index in [1.165, 1.54) is 12.1 Å². The molecule has 5 saturated heterocycles. The number of rotatable bonds is 7. The van der Waals surface area contributed by atoms with Crippen LogP contribution in [0.5, 0.6) is 5.88 Å². The fraction of sp³-hybridized carbons (Fsp3) is 0.552. The first-order valence-corrected chi connectivity index (χ1v) is 14.1. The highest BCUT2D eigenvalue weighted by atomic mass is 16.5. The van der Waals surface area contributed by atoms with Crippen LogP contribution in [-0.2, 0) is 9.53 Å². The number of pyridine rings is 1. The molecule has 3 aromatic rings. The number of carbonyl (C=O) groups is 1. The van der Waals surface area contributed by atoms with Gasteiger partial charge < -0.3 is 24.3 Å². The fourth-order valence-electron chi connectivity index (χ4n) is 6.80. The van der Waals surface area contributed by atoms with Crippen LogP contribution in [0.4, 0.5) is 5.69 Å². The minimum absolute atomic E-state index is 0.0937. The number of benzene rings is 1. The smallest absolute Gasteiger partial charge is 0.241 e. The summed E-state index contributed by atoms with van der Waals surface area (Å²) in [7, 11) is 0. The van der Waals surface area contributed by atoms with E-state index in [0.717, 1.165) is 61.4 Å². The van der Waals surface area contributed by atoms with Crippen molar-refractivity contribution in [2.45, 2.75) is 62.9 Å². The lowest BCUT2D eigenvalue weighted by atomic mass is 9.84. The van der Waals surface area contributed by atoms with Crippen LogP contribution in [0.15, 0.2) is 36.7 Å². The number of anilines is 1. The molecule has 2 unspecified atom stereocenters. The second kappa shape index (κ2) is 8.68. The Morgan fingerprint density at radius 3 is 2.53 bits per heavy atom. The first-order chi connectivity index (χ1) is 18.6. The van der Waals surface area contributed by atoms with Crippen LogP contribution >= 0.6 is 0 Å². The van der Waals surface area contributed by atoms with Crippen LogP contribution in [0.2, 0.25) is 0 Å². The molecule has 4 atom stereocenters. The molecule has 38 heavy (non-hydrogen) atoms. The Morgan fingerprint density at radius 1 is 1.08 bits per heavy atom. The molecule has 2 bridgehead atoms. The van der Waals surface area contributed by atoms with Gasteiger partial charge in [0.25, 0.3) is 0 Å². The third kappa shape index (κ3) is 3.78. The lowest BCUT2D eigenvalue weighted by Gasteiger charge is -2.61. The zero-order chi connectivity index (χ0) is 25.4. The molecule has 1 N–H and O–H groups in total. The van der Waals surface area contributed by atoms with Gasteiger partial charge in [-0.1, -0.05) is 12.1 Å². The monoisotopic (exact) mass is 514 g/mol. The van der Waals surface area contributed by atoms with Gasteiger partial charge in [0.15, 0.2) is 0 Å². The van der Waals surface area contributed by atoms with Crippen molar-refractivity contribution in [3.8, 4) is 17.1 Å². The summed E-state index contributed by atoms with van der Waals surface area (Å²) in [4.78, 5) is 26.8. The highest BCUT2D eigenvalue weighted by Gasteiger charge is 2.49. The molecule has 1 aliphatic carbocycles. The van der Waals surface area contributed by atoms with E-state index >= 15 is 0 Å². The number of nitrogens with zero attached hydrogens (tertiary/aromatic N) is 5. The average Bonchev–Trinajstić information content (AvgIpc) is 3.51. The molecule has 9 rings (SSSR count). The van der Waals surface area contributed by atoms with Gasteiger partial charge in [0.1, 0.15) is 11.6 Å². The molecule has 198 valence electrons. The van der Waals surface area contributed by atoms with E-state index in [-0.39, 0.29) is 17.9 Å². The molecule has 1 aromatic carbocycles. The van der Waals surface area contributed by atoms with Gasteiger partial charge in [0.05, 0.1) is 36.8 Å². The number of piperazine rings is 1. The number of imidazole rings is 1. The maximum atomic E-state index is 11.8. The van der Waals surface area contributed by atoms with Crippen molar-refractivity contribution in [2.75, 3.05) is 37.7 Å². The van der Waals surface area contributed by atoms with Crippen LogP contribution in [0.1, 0.15) is 38.6 Å². The number of hydrogen-bond donors (Lipinski definition) is 1. The van der Waals surface area contributed by atoms with Gasteiger partial charge in [-0.25, -0.2) is 9.97 Å². The van der Waals surface area contributed by atoms with Crippen LogP contribution < -0.4 is 15.0 Å². The van der Waals surface area contributed by atoms with E-state index in [9.17, 15) is 4.79 Å². The number of amides is 1. The minimum atomic E-state index is -0.124. The normalized spacial score (nSPS) is 28.2. The molecular weight excluding hydrogens is 480 g/mol. The van der Waals surface area contributed by atoms with Crippen molar-refractivity contribution < 1.29 is 14.3 Å². The standard InChI is InChI=1S/C29H34N6O3/c1-17(19-8-27(36)30-11-19)38-29-28-26(31-16-34(28)21-6-7-21)10-25(32-29)18-2-4-20(5-3-18)33-12-22-9-23(13-33)35(22)24-14-37-15-24/h2-5,10,16-17,19,21-24H,6-9,11-15H2,1H3,(H,30,36)/t17-,19-,22?,23?/m1/s1. The van der Waals surface area contributed by atoms with Crippen LogP contribution in [-0.4, -0.2) is 82.4 Å². The number of fused-ring (bicyclic) bond motifs is 3. The van der Waals surface area contributed by atoms with Gasteiger partial charge >= 0.3 is 0 Å². The first kappa shape index (κ1) is 22.8. The van der Waals surface area contributed by atoms with Crippen molar-refractivity contribution in [1.29, 1.82) is 0 Å². The molecule has 1 saturated carbocycles. The van der Waals surface area contributed by atoms with E-state index < -0.39 is 0 Å². The minimum Gasteiger partial charge on any atom is -0.473 e. The molecule has 9 heteroatoms. The molecular formula is C29H34N6O3. The van der Waals surface area contributed by atoms with Gasteiger partial charge in [-0.3, -0.25) is 9.69 Å². The average molecular weight is 515 g/mol. The summed E-state index contributed by atoms with van der Waals surface area (Å²) < 4.78 is 14.1. The van der Waals surface area contributed by atoms with Gasteiger partial charge in [-0.15, -0.1) is 0 Å². The number of carbonyl (C=O) groups excluding carboxylic acids is 1. The maximum Gasteiger partial charge on any atom is 0.241 e. The van der Waals surface area contributed by atoms with Gasteiger partial charge in [-0.05, 0) is 44.4 Å². The molecule has 0 spiro atoms. The molecule has 2 aromatic heterocycles. The molecule has 1 amide bonds. The Morgan fingerprint density at radius 2 is 1.87 bits per heavy atom. The quantitative estimate of drug-likeness (QED) is 0.519. The Labute approximate surface area is 222 Å². The lowest BCUT2D eigenvalue weighted by Crippen LogP contribution is -2.74. The maximum absolute atomic E-state index is 11.8. The zero-order valence-electron chi connectivity index (χ0n) is 21.8. The van der Waals surface area contributed by atoms with Crippen molar-refractivity contribution >= 4 is 22.6 Å². The van der Waals surface area contributed by atoms with Crippen LogP contribution in [0.3, 0.4) is 0 Å². The van der Waals surface area contributed by atoms with Crippen molar-refractivity contribution in [3.05, 3.63) is 36.7 Å². The summed E-state index contributed by atoms with van der Waals surface area (Å²) >= 11 is 0. The van der Waals surface area contributed by atoms with E-state index in [1.54, 1.807) is 0 Å². The Bertz CT molecular complexity index is 1370. The van der Waals surface area contributed by atoms with Crippen molar-refractivity contribution in [1.82, 2.24) is 24.8 Å². The summed E-state index contributed by atoms with van der Waals surface area (Å²) in [6.45, 7) is 6.67. The van der Waals surface area contributed by atoms with E-state index in [1.807, 2.05) is 13.3 Å². The molecule has 9 nitrogen and oxygen atoms in total. The highest BCUT2D eigenvalue weighted by Crippen LogP contribution is 2.41. The molecule has 6 aliphatic rings. The van der Waals surface area contributed by atoms with E-state index in [0.29, 0.717) is 43.0 Å². The second-order valence-corrected chi connectivity index (χ2v) is 11.8. The molecule has 7 heterocycles. The largest absolute Gasteiger partial charge is 0.473 e. The predicted octanol–water partition coefficient (Wildman–Crippen LogP) is 3.00. The third-order valence-corrected chi connectivity index (χ3v) is 9.25. The third-order valence-electron chi connectivity index (χ3n) is 9.25. The van der Waals surface area contributed by atoms with Gasteiger partial charge in [0.2, 0.25) is 11.8 Å². The summed E-state index contributed by atoms with van der Waals surface area (Å²) in [5.41, 5.74) is 5.07. The fourth-order valence-corrected chi connectivity index (χ4v) is 6.80. The molecule has 0 radical (unpaired) electrons. The van der Waals surface area contributed by atoms with Crippen molar-refractivity contribution in [2.24, 2.45) is 5.92 Å². The number of ether oxygens (including phenoxy) is 2. The molecule has 6 fully saturated rings. The number of piperidine rings is 1. The summed E-state index contributed by atoms with van der Waals surface area (Å²) in [6, 6.07) is 13.3. The van der Waals surface area contributed by atoms with Crippen molar-refractivity contribution in [3.63, 3.8) is 0 Å². The Balaban J connectivity index is 1.06. The Kier molecular flexibility index (Phi) is 5.20. The lowest BCUT2D eigenvalue weighted by molar-refractivity contribution is -0.141. The van der Waals surface area contributed by atoms with Gasteiger partial charge in [-0.2, -0.15) is 0 Å². The molecule has 5 aliphatic heterocycles. The Hall–Kier alpha value is -3.17. The number of hydrogen-bond acceptors (Lipinski definition) is 7. The highest BCUT2D eigenvalue weighted by molar-refractivity contribution is 5.85. The summed E-state index contributed by atoms with van der Waals surface area (Å²) in [6.07, 6.45) is 5.94. The second-order valence-electron chi connectivity index (χ2n) is 11.8. The SMILES string of the molecule is C[C@@H](Oc1nc(-c2ccc(N3CC4CC(C3)N4C3COC3)cc2)cc2ncn(C3CC3)c12)[C@H]1CNC(=O)C1.